The van der Waals surface area contributed by atoms with Crippen molar-refractivity contribution in [3.8, 4) is 5.75 Å². The lowest BCUT2D eigenvalue weighted by Gasteiger charge is -2.12. The Morgan fingerprint density at radius 2 is 2.19 bits per heavy atom. The number of methoxy groups -OCH3 is 1. The summed E-state index contributed by atoms with van der Waals surface area (Å²) in [4.78, 5) is 0.910. The first-order chi connectivity index (χ1) is 7.72. The summed E-state index contributed by atoms with van der Waals surface area (Å²) < 4.78 is 18.3. The van der Waals surface area contributed by atoms with E-state index in [-0.39, 0.29) is 11.9 Å². The van der Waals surface area contributed by atoms with Crippen LogP contribution in [0.2, 0.25) is 0 Å². The van der Waals surface area contributed by atoms with Crippen LogP contribution in [0.25, 0.3) is 0 Å². The number of halogens is 1. The molecule has 0 aliphatic rings. The van der Waals surface area contributed by atoms with Crippen molar-refractivity contribution in [1.82, 2.24) is 0 Å². The van der Waals surface area contributed by atoms with Crippen molar-refractivity contribution in [1.29, 1.82) is 0 Å². The zero-order valence-electron chi connectivity index (χ0n) is 8.81. The molecule has 84 valence electrons. The molecule has 1 atom stereocenters. The second kappa shape index (κ2) is 4.63. The van der Waals surface area contributed by atoms with Gasteiger partial charge in [0.2, 0.25) is 0 Å². The molecule has 0 spiro atoms. The molecule has 0 bridgehead atoms. The van der Waals surface area contributed by atoms with Gasteiger partial charge in [0.25, 0.3) is 0 Å². The molecule has 0 amide bonds. The van der Waals surface area contributed by atoms with E-state index in [0.29, 0.717) is 0 Å². The van der Waals surface area contributed by atoms with Crippen LogP contribution in [0.4, 0.5) is 4.39 Å². The molecule has 0 radical (unpaired) electrons. The van der Waals surface area contributed by atoms with Crippen LogP contribution in [0.1, 0.15) is 16.5 Å². The number of nitrogens with two attached hydrogens (primary N) is 1. The highest BCUT2D eigenvalue weighted by atomic mass is 32.1. The Morgan fingerprint density at radius 1 is 1.38 bits per heavy atom. The third-order valence-corrected chi connectivity index (χ3v) is 3.35. The largest absolute Gasteiger partial charge is 0.496 e. The third-order valence-electron chi connectivity index (χ3n) is 2.37. The van der Waals surface area contributed by atoms with Gasteiger partial charge in [0, 0.05) is 0 Å². The van der Waals surface area contributed by atoms with Gasteiger partial charge in [-0.1, -0.05) is 12.1 Å². The Kier molecular flexibility index (Phi) is 3.22. The van der Waals surface area contributed by atoms with Gasteiger partial charge in [0.1, 0.15) is 11.6 Å². The Morgan fingerprint density at radius 3 is 2.88 bits per heavy atom. The SMILES string of the molecule is COc1ccsc1C(N)c1cccc(F)c1. The molecule has 0 aliphatic heterocycles. The second-order valence-corrected chi connectivity index (χ2v) is 4.33. The normalized spacial score (nSPS) is 12.4. The molecule has 0 aliphatic carbocycles. The number of hydrogen-bond donors (Lipinski definition) is 1. The van der Waals surface area contributed by atoms with E-state index < -0.39 is 0 Å². The molecule has 0 saturated heterocycles. The maximum Gasteiger partial charge on any atom is 0.134 e. The molecule has 2 rings (SSSR count). The lowest BCUT2D eigenvalue weighted by Crippen LogP contribution is -2.11. The number of ether oxygens (including phenoxy) is 1. The zero-order valence-corrected chi connectivity index (χ0v) is 9.63. The predicted octanol–water partition coefficient (Wildman–Crippen LogP) is 2.94. The zero-order chi connectivity index (χ0) is 11.5. The molecule has 2 N–H and O–H groups in total. The van der Waals surface area contributed by atoms with E-state index in [1.54, 1.807) is 13.2 Å². The van der Waals surface area contributed by atoms with Crippen molar-refractivity contribution >= 4 is 11.3 Å². The summed E-state index contributed by atoms with van der Waals surface area (Å²) in [6.45, 7) is 0. The van der Waals surface area contributed by atoms with Crippen molar-refractivity contribution < 1.29 is 9.13 Å². The van der Waals surface area contributed by atoms with Crippen LogP contribution in [0.15, 0.2) is 35.7 Å². The van der Waals surface area contributed by atoms with E-state index >= 15 is 0 Å². The smallest absolute Gasteiger partial charge is 0.134 e. The molecule has 1 unspecified atom stereocenters. The average molecular weight is 237 g/mol. The van der Waals surface area contributed by atoms with Gasteiger partial charge < -0.3 is 10.5 Å². The van der Waals surface area contributed by atoms with Gasteiger partial charge in [-0.05, 0) is 29.1 Å². The van der Waals surface area contributed by atoms with E-state index in [1.807, 2.05) is 17.5 Å². The monoisotopic (exact) mass is 237 g/mol. The van der Waals surface area contributed by atoms with Crippen molar-refractivity contribution in [2.24, 2.45) is 5.73 Å². The van der Waals surface area contributed by atoms with Crippen molar-refractivity contribution in [3.05, 3.63) is 52.0 Å². The lowest BCUT2D eigenvalue weighted by molar-refractivity contribution is 0.411. The van der Waals surface area contributed by atoms with Crippen LogP contribution in [0.3, 0.4) is 0 Å². The first-order valence-electron chi connectivity index (χ1n) is 4.85. The summed E-state index contributed by atoms with van der Waals surface area (Å²) in [7, 11) is 1.60. The van der Waals surface area contributed by atoms with Gasteiger partial charge in [-0.3, -0.25) is 0 Å². The quantitative estimate of drug-likeness (QED) is 0.890. The summed E-state index contributed by atoms with van der Waals surface area (Å²) >= 11 is 1.51. The van der Waals surface area contributed by atoms with Crippen LogP contribution in [0, 0.1) is 5.82 Å². The minimum absolute atomic E-state index is 0.275. The lowest BCUT2D eigenvalue weighted by atomic mass is 10.1. The topological polar surface area (TPSA) is 35.2 Å². The van der Waals surface area contributed by atoms with Crippen LogP contribution >= 0.6 is 11.3 Å². The minimum Gasteiger partial charge on any atom is -0.496 e. The van der Waals surface area contributed by atoms with Crippen LogP contribution in [0.5, 0.6) is 5.75 Å². The highest BCUT2D eigenvalue weighted by molar-refractivity contribution is 7.10. The Labute approximate surface area is 97.5 Å². The molecular weight excluding hydrogens is 225 g/mol. The molecule has 2 nitrogen and oxygen atoms in total. The maximum atomic E-state index is 13.1. The maximum absolute atomic E-state index is 13.1. The number of rotatable bonds is 3. The van der Waals surface area contributed by atoms with E-state index in [1.165, 1.54) is 23.5 Å². The van der Waals surface area contributed by atoms with E-state index in [2.05, 4.69) is 0 Å². The Bertz CT molecular complexity index is 483. The first-order valence-corrected chi connectivity index (χ1v) is 5.72. The highest BCUT2D eigenvalue weighted by Gasteiger charge is 2.15. The number of thiophene rings is 1. The number of benzene rings is 1. The van der Waals surface area contributed by atoms with Gasteiger partial charge in [-0.25, -0.2) is 4.39 Å². The van der Waals surface area contributed by atoms with Crippen molar-refractivity contribution in [3.63, 3.8) is 0 Å². The van der Waals surface area contributed by atoms with Crippen LogP contribution in [-0.4, -0.2) is 7.11 Å². The molecule has 16 heavy (non-hydrogen) atoms. The van der Waals surface area contributed by atoms with E-state index in [4.69, 9.17) is 10.5 Å². The summed E-state index contributed by atoms with van der Waals surface area (Å²) in [6.07, 6.45) is 0. The standard InChI is InChI=1S/C12H12FNOS/c1-15-10-5-6-16-12(10)11(14)8-3-2-4-9(13)7-8/h2-7,11H,14H2,1H3. The summed E-state index contributed by atoms with van der Waals surface area (Å²) in [5.74, 6) is 0.477. The summed E-state index contributed by atoms with van der Waals surface area (Å²) in [5.41, 5.74) is 6.82. The predicted molar refractivity (Wildman–Crippen MR) is 63.3 cm³/mol. The molecule has 1 aromatic heterocycles. The van der Waals surface area contributed by atoms with Gasteiger partial charge in [0.05, 0.1) is 18.0 Å². The average Bonchev–Trinajstić information content (AvgIpc) is 2.76. The summed E-state index contributed by atoms with van der Waals surface area (Å²) in [5, 5.41) is 1.91. The number of hydrogen-bond acceptors (Lipinski definition) is 3. The van der Waals surface area contributed by atoms with Crippen LogP contribution < -0.4 is 10.5 Å². The fraction of sp³-hybridized carbons (Fsp3) is 0.167. The first kappa shape index (κ1) is 11.1. The van der Waals surface area contributed by atoms with Crippen LogP contribution in [-0.2, 0) is 0 Å². The summed E-state index contributed by atoms with van der Waals surface area (Å²) in [6, 6.07) is 7.84. The molecule has 1 heterocycles. The molecular formula is C12H12FNOS. The third kappa shape index (κ3) is 2.08. The van der Waals surface area contributed by atoms with E-state index in [0.717, 1.165) is 16.2 Å². The second-order valence-electron chi connectivity index (χ2n) is 3.39. The fourth-order valence-electron chi connectivity index (χ4n) is 1.56. The Balaban J connectivity index is 2.35. The fourth-order valence-corrected chi connectivity index (χ4v) is 2.44. The molecule has 0 saturated carbocycles. The Hall–Kier alpha value is -1.39. The van der Waals surface area contributed by atoms with E-state index in [9.17, 15) is 4.39 Å². The van der Waals surface area contributed by atoms with Gasteiger partial charge in [-0.2, -0.15) is 0 Å². The molecule has 1 aromatic carbocycles. The molecule has 0 fully saturated rings. The molecule has 4 heteroatoms. The van der Waals surface area contributed by atoms with Gasteiger partial charge in [-0.15, -0.1) is 11.3 Å². The minimum atomic E-state index is -0.342. The van der Waals surface area contributed by atoms with Gasteiger partial charge >= 0.3 is 0 Å². The van der Waals surface area contributed by atoms with Crippen molar-refractivity contribution in [2.45, 2.75) is 6.04 Å². The molecule has 2 aromatic rings. The highest BCUT2D eigenvalue weighted by Crippen LogP contribution is 2.33. The van der Waals surface area contributed by atoms with Crippen molar-refractivity contribution in [2.75, 3.05) is 7.11 Å². The van der Waals surface area contributed by atoms with Gasteiger partial charge in [0.15, 0.2) is 0 Å².